The van der Waals surface area contributed by atoms with Gasteiger partial charge in [-0.3, -0.25) is 0 Å². The third-order valence-corrected chi connectivity index (χ3v) is 2.92. The number of hydrazone groups is 1. The van der Waals surface area contributed by atoms with E-state index in [4.69, 9.17) is 4.74 Å². The quantitative estimate of drug-likeness (QED) is 0.566. The maximum atomic E-state index is 11.8. The molecule has 0 spiro atoms. The van der Waals surface area contributed by atoms with Crippen molar-refractivity contribution in [3.8, 4) is 0 Å². The van der Waals surface area contributed by atoms with Gasteiger partial charge in [-0.15, -0.1) is 0 Å². The summed E-state index contributed by atoms with van der Waals surface area (Å²) in [6.45, 7) is 2.77. The lowest BCUT2D eigenvalue weighted by molar-refractivity contribution is -0.565. The molecule has 2 aliphatic heterocycles. The second kappa shape index (κ2) is 4.21. The first-order valence-electron chi connectivity index (χ1n) is 5.66. The molecule has 2 heterocycles. The van der Waals surface area contributed by atoms with Crippen LogP contribution in [0, 0.1) is 4.91 Å². The maximum absolute atomic E-state index is 11.8. The van der Waals surface area contributed by atoms with Crippen LogP contribution in [0.2, 0.25) is 0 Å². The lowest BCUT2D eigenvalue weighted by Gasteiger charge is -2.27. The van der Waals surface area contributed by atoms with Crippen molar-refractivity contribution in [2.75, 3.05) is 26.3 Å². The number of fused-ring (bicyclic) bond motifs is 1. The Balaban J connectivity index is 1.87. The van der Waals surface area contributed by atoms with Crippen LogP contribution in [0.25, 0.3) is 0 Å². The summed E-state index contributed by atoms with van der Waals surface area (Å²) in [5, 5.41) is 3.98. The fraction of sp³-hybridized carbons (Fsp3) is 0.455. The molecule has 0 aromatic heterocycles. The van der Waals surface area contributed by atoms with Crippen LogP contribution in [0.4, 0.5) is 0 Å². The molecule has 88 valence electrons. The van der Waals surface area contributed by atoms with E-state index in [1.165, 1.54) is 0 Å². The van der Waals surface area contributed by atoms with Crippen molar-refractivity contribution in [3.63, 3.8) is 0 Å². The van der Waals surface area contributed by atoms with Crippen LogP contribution in [0.5, 0.6) is 0 Å². The normalized spacial score (nSPS) is 27.6. The Bertz CT molecular complexity index is 458. The largest absolute Gasteiger partial charge is 0.378 e. The minimum atomic E-state index is -0.371. The van der Waals surface area contributed by atoms with Gasteiger partial charge in [-0.25, -0.2) is 4.99 Å². The SMILES string of the molecule is O=[N+]1N=C(N2CCOCC2)N=C2C=CC=CC21. The van der Waals surface area contributed by atoms with Crippen molar-refractivity contribution in [1.82, 2.24) is 4.90 Å². The van der Waals surface area contributed by atoms with E-state index in [2.05, 4.69) is 10.1 Å². The van der Waals surface area contributed by atoms with Crippen LogP contribution in [-0.4, -0.2) is 53.8 Å². The summed E-state index contributed by atoms with van der Waals surface area (Å²) < 4.78 is 5.26. The van der Waals surface area contributed by atoms with Crippen LogP contribution in [0.15, 0.2) is 34.4 Å². The van der Waals surface area contributed by atoms with Gasteiger partial charge < -0.3 is 9.64 Å². The molecule has 0 N–H and O–H groups in total. The molecule has 6 heteroatoms. The zero-order chi connectivity index (χ0) is 11.7. The molecular formula is C11H13N4O2+. The van der Waals surface area contributed by atoms with E-state index in [0.717, 1.165) is 18.8 Å². The average Bonchev–Trinajstić information content (AvgIpc) is 2.40. The summed E-state index contributed by atoms with van der Waals surface area (Å²) in [6.07, 6.45) is 7.37. The Morgan fingerprint density at radius 2 is 2.18 bits per heavy atom. The monoisotopic (exact) mass is 233 g/mol. The Kier molecular flexibility index (Phi) is 2.56. The fourth-order valence-corrected chi connectivity index (χ4v) is 2.00. The lowest BCUT2D eigenvalue weighted by atomic mass is 10.1. The highest BCUT2D eigenvalue weighted by molar-refractivity contribution is 6.08. The van der Waals surface area contributed by atoms with Crippen molar-refractivity contribution in [1.29, 1.82) is 0 Å². The second-order valence-electron chi connectivity index (χ2n) is 4.03. The topological polar surface area (TPSA) is 57.3 Å². The van der Waals surface area contributed by atoms with Gasteiger partial charge in [-0.2, -0.15) is 0 Å². The van der Waals surface area contributed by atoms with E-state index in [1.54, 1.807) is 6.08 Å². The Hall–Kier alpha value is -1.82. The van der Waals surface area contributed by atoms with E-state index >= 15 is 0 Å². The molecule has 3 aliphatic rings. The Labute approximate surface area is 98.5 Å². The number of nitroso groups, excluding NO2 is 1. The summed E-state index contributed by atoms with van der Waals surface area (Å²) in [5.41, 5.74) is 0.749. The van der Waals surface area contributed by atoms with Crippen molar-refractivity contribution < 1.29 is 9.61 Å². The molecule has 1 saturated heterocycles. The third-order valence-electron chi connectivity index (χ3n) is 2.92. The smallest absolute Gasteiger partial charge is 0.297 e. The van der Waals surface area contributed by atoms with Crippen molar-refractivity contribution in [2.24, 2.45) is 10.1 Å². The fourth-order valence-electron chi connectivity index (χ4n) is 2.00. The van der Waals surface area contributed by atoms with E-state index < -0.39 is 0 Å². The van der Waals surface area contributed by atoms with E-state index in [-0.39, 0.29) is 6.04 Å². The predicted octanol–water partition coefficient (Wildman–Crippen LogP) is 0.318. The van der Waals surface area contributed by atoms with Crippen LogP contribution >= 0.6 is 0 Å². The first kappa shape index (κ1) is 10.3. The summed E-state index contributed by atoms with van der Waals surface area (Å²) in [7, 11) is 0. The first-order valence-corrected chi connectivity index (χ1v) is 5.66. The first-order chi connectivity index (χ1) is 8.34. The Morgan fingerprint density at radius 1 is 1.35 bits per heavy atom. The zero-order valence-corrected chi connectivity index (χ0v) is 9.32. The molecular weight excluding hydrogens is 220 g/mol. The maximum Gasteiger partial charge on any atom is 0.297 e. The molecule has 1 unspecified atom stereocenters. The number of ether oxygens (including phenoxy) is 1. The number of rotatable bonds is 0. The van der Waals surface area contributed by atoms with Gasteiger partial charge in [-0.05, 0) is 12.2 Å². The minimum absolute atomic E-state index is 0.371. The second-order valence-corrected chi connectivity index (χ2v) is 4.03. The van der Waals surface area contributed by atoms with Gasteiger partial charge in [0.1, 0.15) is 5.71 Å². The number of allylic oxidation sites excluding steroid dienone is 2. The molecule has 0 saturated carbocycles. The molecule has 1 aliphatic carbocycles. The number of morpholine rings is 1. The Morgan fingerprint density at radius 3 is 3.00 bits per heavy atom. The van der Waals surface area contributed by atoms with E-state index in [0.29, 0.717) is 24.0 Å². The van der Waals surface area contributed by atoms with Gasteiger partial charge >= 0.3 is 0 Å². The van der Waals surface area contributed by atoms with Gasteiger partial charge in [0.25, 0.3) is 12.0 Å². The molecule has 0 aromatic rings. The van der Waals surface area contributed by atoms with Gasteiger partial charge in [0.2, 0.25) is 0 Å². The molecule has 3 rings (SSSR count). The van der Waals surface area contributed by atoms with Crippen LogP contribution in [-0.2, 0) is 4.74 Å². The number of hydrogen-bond donors (Lipinski definition) is 0. The number of guanidine groups is 1. The molecule has 17 heavy (non-hydrogen) atoms. The molecule has 0 amide bonds. The lowest BCUT2D eigenvalue weighted by Crippen LogP contribution is -2.44. The highest BCUT2D eigenvalue weighted by Crippen LogP contribution is 2.13. The van der Waals surface area contributed by atoms with Crippen LogP contribution in [0.1, 0.15) is 0 Å². The summed E-state index contributed by atoms with van der Waals surface area (Å²) >= 11 is 0. The highest BCUT2D eigenvalue weighted by atomic mass is 16.5. The standard InChI is InChI=1S/C11H13N4O2/c16-15-10-4-2-1-3-9(10)12-11(13-15)14-5-7-17-8-6-14/h1-4,10H,5-8H2/q+1. The summed E-state index contributed by atoms with van der Waals surface area (Å²) in [5.74, 6) is 0.495. The molecule has 0 bridgehead atoms. The highest BCUT2D eigenvalue weighted by Gasteiger charge is 2.35. The van der Waals surface area contributed by atoms with Gasteiger partial charge in [-0.1, -0.05) is 12.2 Å². The molecule has 0 radical (unpaired) electrons. The molecule has 1 fully saturated rings. The van der Waals surface area contributed by atoms with Crippen molar-refractivity contribution in [3.05, 3.63) is 29.2 Å². The number of hydrogen-bond acceptors (Lipinski definition) is 4. The average molecular weight is 233 g/mol. The van der Waals surface area contributed by atoms with Crippen molar-refractivity contribution >= 4 is 11.7 Å². The van der Waals surface area contributed by atoms with Gasteiger partial charge in [0.05, 0.1) is 23.2 Å². The molecule has 1 atom stereocenters. The number of aliphatic imine (C=N–C) groups is 1. The summed E-state index contributed by atoms with van der Waals surface area (Å²) in [6, 6.07) is -0.371. The zero-order valence-electron chi connectivity index (χ0n) is 9.32. The predicted molar refractivity (Wildman–Crippen MR) is 63.0 cm³/mol. The van der Waals surface area contributed by atoms with Gasteiger partial charge in [0, 0.05) is 13.1 Å². The number of nitrogens with zero attached hydrogens (tertiary/aromatic N) is 4. The van der Waals surface area contributed by atoms with E-state index in [1.807, 2.05) is 23.1 Å². The van der Waals surface area contributed by atoms with E-state index in [9.17, 15) is 4.91 Å². The van der Waals surface area contributed by atoms with Crippen LogP contribution < -0.4 is 0 Å². The van der Waals surface area contributed by atoms with Crippen molar-refractivity contribution in [2.45, 2.75) is 6.04 Å². The third kappa shape index (κ3) is 1.91. The van der Waals surface area contributed by atoms with Gasteiger partial charge in [0.15, 0.2) is 4.87 Å². The van der Waals surface area contributed by atoms with Crippen LogP contribution in [0.3, 0.4) is 0 Å². The molecule has 0 aromatic carbocycles. The molecule has 6 nitrogen and oxygen atoms in total. The summed E-state index contributed by atoms with van der Waals surface area (Å²) in [4.78, 5) is 18.9. The minimum Gasteiger partial charge on any atom is -0.378 e.